The molecule has 34 heavy (non-hydrogen) atoms. The minimum Gasteiger partial charge on any atom is -0.497 e. The van der Waals surface area contributed by atoms with Crippen molar-refractivity contribution in [2.45, 2.75) is 50.2 Å². The summed E-state index contributed by atoms with van der Waals surface area (Å²) in [5.41, 5.74) is 0.490. The van der Waals surface area contributed by atoms with Crippen molar-refractivity contribution in [1.29, 1.82) is 0 Å². The number of carbonyl (C=O) groups excluding carboxylic acids is 2. The van der Waals surface area contributed by atoms with Crippen molar-refractivity contribution in [3.05, 3.63) is 54.1 Å². The number of ketones is 2. The van der Waals surface area contributed by atoms with Gasteiger partial charge in [-0.2, -0.15) is 0 Å². The highest BCUT2D eigenvalue weighted by Gasteiger charge is 2.80. The summed E-state index contributed by atoms with van der Waals surface area (Å²) in [6.07, 6.45) is 13.0. The van der Waals surface area contributed by atoms with Gasteiger partial charge < -0.3 is 14.2 Å². The molecule has 1 aliphatic heterocycles. The van der Waals surface area contributed by atoms with E-state index in [1.165, 1.54) is 5.56 Å². The Morgan fingerprint density at radius 3 is 2.44 bits per heavy atom. The molecule has 6 aliphatic rings. The van der Waals surface area contributed by atoms with Crippen LogP contribution in [-0.2, 0) is 24.5 Å². The van der Waals surface area contributed by atoms with Crippen molar-refractivity contribution in [2.75, 3.05) is 20.3 Å². The standard InChI is InChI=1S/C29H32O5/c1-26-10-3-4-11-27(26)13-14-28(26,18-5-7-19(32-2)8-6-18)24-22(31)17-20-23(25(24)27)21(30)9-12-29(20)33-15-16-34-29/h5-9,12-14,20,23-25H,3-4,10-11,15-17H2,1-2H3/t20-,23+,24-,25+,26+,27-,28-/m1/s1. The van der Waals surface area contributed by atoms with Crippen molar-refractivity contribution in [2.24, 2.45) is 34.5 Å². The molecule has 7 atom stereocenters. The van der Waals surface area contributed by atoms with E-state index in [1.54, 1.807) is 19.3 Å². The Hall–Kier alpha value is -2.24. The fourth-order valence-electron chi connectivity index (χ4n) is 9.52. The number of ether oxygens (including phenoxy) is 3. The van der Waals surface area contributed by atoms with Crippen LogP contribution in [0.15, 0.2) is 48.6 Å². The number of fused-ring (bicyclic) bond motifs is 5. The summed E-state index contributed by atoms with van der Waals surface area (Å²) in [6.45, 7) is 3.41. The van der Waals surface area contributed by atoms with E-state index in [9.17, 15) is 9.59 Å². The number of Topliss-reactive ketones (excluding diaryl/α,β-unsaturated/α-hetero) is 1. The number of hydrogen-bond acceptors (Lipinski definition) is 5. The Balaban J connectivity index is 1.45. The average Bonchev–Trinajstić information content (AvgIpc) is 3.49. The second kappa shape index (κ2) is 6.70. The van der Waals surface area contributed by atoms with Crippen molar-refractivity contribution in [3.63, 3.8) is 0 Å². The van der Waals surface area contributed by atoms with Gasteiger partial charge >= 0.3 is 0 Å². The molecular weight excluding hydrogens is 428 g/mol. The van der Waals surface area contributed by atoms with Crippen LogP contribution < -0.4 is 4.74 Å². The second-order valence-electron chi connectivity index (χ2n) is 11.5. The maximum atomic E-state index is 14.2. The average molecular weight is 461 g/mol. The molecule has 5 nitrogen and oxygen atoms in total. The van der Waals surface area contributed by atoms with Gasteiger partial charge in [0.25, 0.3) is 0 Å². The van der Waals surface area contributed by atoms with Gasteiger partial charge in [-0.25, -0.2) is 0 Å². The second-order valence-corrected chi connectivity index (χ2v) is 11.5. The molecule has 0 amide bonds. The van der Waals surface area contributed by atoms with Gasteiger partial charge in [-0.15, -0.1) is 0 Å². The predicted octanol–water partition coefficient (Wildman–Crippen LogP) is 4.40. The first-order valence-corrected chi connectivity index (χ1v) is 12.8. The van der Waals surface area contributed by atoms with Gasteiger partial charge in [0.15, 0.2) is 11.6 Å². The van der Waals surface area contributed by atoms with Crippen LogP contribution in [0.4, 0.5) is 0 Å². The van der Waals surface area contributed by atoms with Gasteiger partial charge in [-0.05, 0) is 59.4 Å². The maximum Gasteiger partial charge on any atom is 0.192 e. The molecule has 1 aromatic carbocycles. The SMILES string of the molecule is COc1ccc([C@@]23C=C[C@]4(CCCC[C@@]42C)[C@H]2[C@@H]4C(=O)C=CC5(OCCO5)[C@@H]4CC(=O)[C@H]23)cc1. The minimum atomic E-state index is -0.931. The third-order valence-corrected chi connectivity index (χ3v) is 10.8. The van der Waals surface area contributed by atoms with E-state index in [0.717, 1.165) is 31.4 Å². The first-order valence-electron chi connectivity index (χ1n) is 12.8. The molecule has 1 spiro atoms. The molecule has 1 aromatic rings. The van der Waals surface area contributed by atoms with Crippen LogP contribution in [0.5, 0.6) is 5.75 Å². The van der Waals surface area contributed by atoms with E-state index in [1.807, 2.05) is 12.1 Å². The Bertz CT molecular complexity index is 1130. The lowest BCUT2D eigenvalue weighted by Gasteiger charge is -2.53. The molecule has 178 valence electrons. The van der Waals surface area contributed by atoms with Crippen LogP contribution in [0.1, 0.15) is 44.6 Å². The predicted molar refractivity (Wildman–Crippen MR) is 125 cm³/mol. The molecular formula is C29H32O5. The fourth-order valence-corrected chi connectivity index (χ4v) is 9.52. The first kappa shape index (κ1) is 21.1. The lowest BCUT2D eigenvalue weighted by molar-refractivity contribution is -0.199. The minimum absolute atomic E-state index is 0.0294. The number of hydrogen-bond donors (Lipinski definition) is 0. The molecule has 0 aromatic heterocycles. The topological polar surface area (TPSA) is 61.8 Å². The van der Waals surface area contributed by atoms with Gasteiger partial charge in [0, 0.05) is 29.6 Å². The number of carbonyl (C=O) groups is 2. The molecule has 0 N–H and O–H groups in total. The summed E-state index contributed by atoms with van der Waals surface area (Å²) in [6, 6.07) is 8.32. The fraction of sp³-hybridized carbons (Fsp3) is 0.586. The molecule has 0 unspecified atom stereocenters. The smallest absolute Gasteiger partial charge is 0.192 e. The van der Waals surface area contributed by atoms with Gasteiger partial charge in [-0.3, -0.25) is 9.59 Å². The van der Waals surface area contributed by atoms with Gasteiger partial charge in [-0.1, -0.05) is 44.1 Å². The molecule has 5 aliphatic carbocycles. The van der Waals surface area contributed by atoms with Crippen LogP contribution in [0.3, 0.4) is 0 Å². The summed E-state index contributed by atoms with van der Waals surface area (Å²) in [7, 11) is 1.68. The van der Waals surface area contributed by atoms with E-state index >= 15 is 0 Å². The van der Waals surface area contributed by atoms with Crippen LogP contribution in [-0.4, -0.2) is 37.7 Å². The molecule has 4 fully saturated rings. The van der Waals surface area contributed by atoms with E-state index in [0.29, 0.717) is 19.6 Å². The highest BCUT2D eigenvalue weighted by Crippen LogP contribution is 2.81. The van der Waals surface area contributed by atoms with E-state index < -0.39 is 11.2 Å². The zero-order valence-electron chi connectivity index (χ0n) is 19.9. The lowest BCUT2D eigenvalue weighted by atomic mass is 9.50. The van der Waals surface area contributed by atoms with Crippen molar-refractivity contribution in [1.82, 2.24) is 0 Å². The Morgan fingerprint density at radius 2 is 1.71 bits per heavy atom. The zero-order valence-corrected chi connectivity index (χ0v) is 19.9. The van der Waals surface area contributed by atoms with Crippen molar-refractivity contribution >= 4 is 11.6 Å². The molecule has 0 radical (unpaired) electrons. The van der Waals surface area contributed by atoms with Crippen LogP contribution in [0.2, 0.25) is 0 Å². The van der Waals surface area contributed by atoms with Crippen LogP contribution in [0.25, 0.3) is 0 Å². The van der Waals surface area contributed by atoms with Crippen LogP contribution >= 0.6 is 0 Å². The monoisotopic (exact) mass is 460 g/mol. The Morgan fingerprint density at radius 1 is 0.971 bits per heavy atom. The molecule has 1 saturated heterocycles. The third kappa shape index (κ3) is 2.16. The normalized spacial score (nSPS) is 45.4. The van der Waals surface area contributed by atoms with E-state index in [-0.39, 0.29) is 46.1 Å². The number of benzene rings is 1. The summed E-state index contributed by atoms with van der Waals surface area (Å²) < 4.78 is 17.7. The number of allylic oxidation sites excluding steroid dienone is 3. The third-order valence-electron chi connectivity index (χ3n) is 10.8. The number of methoxy groups -OCH3 is 1. The lowest BCUT2D eigenvalue weighted by Crippen LogP contribution is -2.58. The largest absolute Gasteiger partial charge is 0.497 e. The summed E-state index contributed by atoms with van der Waals surface area (Å²) in [5.74, 6) is -0.442. The summed E-state index contributed by atoms with van der Waals surface area (Å²) in [5, 5.41) is 0. The number of rotatable bonds is 2. The highest BCUT2D eigenvalue weighted by molar-refractivity contribution is 5.98. The van der Waals surface area contributed by atoms with E-state index in [2.05, 4.69) is 31.2 Å². The van der Waals surface area contributed by atoms with Crippen LogP contribution in [0, 0.1) is 34.5 Å². The first-order chi connectivity index (χ1) is 16.4. The molecule has 3 saturated carbocycles. The molecule has 5 heteroatoms. The molecule has 1 heterocycles. The Labute approximate surface area is 200 Å². The van der Waals surface area contributed by atoms with Crippen molar-refractivity contribution in [3.8, 4) is 5.75 Å². The summed E-state index contributed by atoms with van der Waals surface area (Å²) in [4.78, 5) is 27.9. The quantitative estimate of drug-likeness (QED) is 0.612. The van der Waals surface area contributed by atoms with E-state index in [4.69, 9.17) is 14.2 Å². The van der Waals surface area contributed by atoms with Gasteiger partial charge in [0.1, 0.15) is 11.5 Å². The van der Waals surface area contributed by atoms with Gasteiger partial charge in [0.05, 0.1) is 20.3 Å². The molecule has 7 rings (SSSR count). The summed E-state index contributed by atoms with van der Waals surface area (Å²) >= 11 is 0. The van der Waals surface area contributed by atoms with Gasteiger partial charge in [0.2, 0.25) is 0 Å². The Kier molecular flexibility index (Phi) is 4.15. The van der Waals surface area contributed by atoms with Crippen molar-refractivity contribution < 1.29 is 23.8 Å². The maximum absolute atomic E-state index is 14.2. The zero-order chi connectivity index (χ0) is 23.3. The molecule has 2 bridgehead atoms. The highest BCUT2D eigenvalue weighted by atomic mass is 16.7.